The first-order chi connectivity index (χ1) is 14.5. The van der Waals surface area contributed by atoms with Crippen LogP contribution in [-0.2, 0) is 17.8 Å². The number of carbonyl (C=O) groups is 1. The zero-order chi connectivity index (χ0) is 21.1. The Morgan fingerprint density at radius 1 is 1.17 bits per heavy atom. The van der Waals surface area contributed by atoms with Crippen molar-refractivity contribution in [3.8, 4) is 5.75 Å². The molecule has 0 atom stereocenters. The van der Waals surface area contributed by atoms with E-state index in [1.54, 1.807) is 12.0 Å². The van der Waals surface area contributed by atoms with Crippen LogP contribution >= 0.6 is 11.3 Å². The number of methoxy groups -OCH3 is 1. The van der Waals surface area contributed by atoms with E-state index in [0.29, 0.717) is 24.5 Å². The minimum atomic E-state index is 0.0184. The molecule has 0 saturated carbocycles. The van der Waals surface area contributed by atoms with E-state index in [4.69, 9.17) is 14.2 Å². The number of ether oxygens (including phenoxy) is 1. The number of hydrogen-bond acceptors (Lipinski definition) is 6. The maximum absolute atomic E-state index is 13.3. The molecule has 0 aliphatic carbocycles. The van der Waals surface area contributed by atoms with Gasteiger partial charge in [-0.2, -0.15) is 0 Å². The fourth-order valence-electron chi connectivity index (χ4n) is 3.39. The van der Waals surface area contributed by atoms with Gasteiger partial charge in [0.1, 0.15) is 11.5 Å². The first kappa shape index (κ1) is 20.1. The Balaban J connectivity index is 1.63. The quantitative estimate of drug-likeness (QED) is 0.416. The van der Waals surface area contributed by atoms with Gasteiger partial charge in [0.15, 0.2) is 5.13 Å². The van der Waals surface area contributed by atoms with Gasteiger partial charge in [0, 0.05) is 12.0 Å². The van der Waals surface area contributed by atoms with E-state index in [9.17, 15) is 4.79 Å². The van der Waals surface area contributed by atoms with Crippen molar-refractivity contribution >= 4 is 32.6 Å². The second-order valence-electron chi connectivity index (χ2n) is 7.10. The van der Waals surface area contributed by atoms with E-state index >= 15 is 0 Å². The first-order valence-electron chi connectivity index (χ1n) is 9.76. The van der Waals surface area contributed by atoms with Crippen molar-refractivity contribution < 1.29 is 14.1 Å². The molecule has 4 aromatic rings. The molecule has 6 nitrogen and oxygen atoms in total. The van der Waals surface area contributed by atoms with Crippen LogP contribution in [0.25, 0.3) is 10.2 Å². The molecule has 0 N–H and O–H groups in total. The zero-order valence-corrected chi connectivity index (χ0v) is 18.0. The van der Waals surface area contributed by atoms with Gasteiger partial charge in [-0.25, -0.2) is 4.98 Å². The van der Waals surface area contributed by atoms with Crippen molar-refractivity contribution in [2.45, 2.75) is 33.2 Å². The van der Waals surface area contributed by atoms with Crippen LogP contribution in [0.4, 0.5) is 5.13 Å². The molecule has 30 heavy (non-hydrogen) atoms. The summed E-state index contributed by atoms with van der Waals surface area (Å²) >= 11 is 1.50. The summed E-state index contributed by atoms with van der Waals surface area (Å²) in [5.41, 5.74) is 3.74. The number of nitrogens with zero attached hydrogens (tertiary/aromatic N) is 3. The number of aromatic nitrogens is 2. The highest BCUT2D eigenvalue weighted by Gasteiger charge is 2.21. The third-order valence-electron chi connectivity index (χ3n) is 5.07. The van der Waals surface area contributed by atoms with Gasteiger partial charge in [-0.15, -0.1) is 0 Å². The largest absolute Gasteiger partial charge is 0.497 e. The Morgan fingerprint density at radius 2 is 1.97 bits per heavy atom. The molecule has 2 aromatic carbocycles. The monoisotopic (exact) mass is 421 g/mol. The molecule has 1 amide bonds. The molecule has 0 fully saturated rings. The lowest BCUT2D eigenvalue weighted by Crippen LogP contribution is -2.30. The van der Waals surface area contributed by atoms with Crippen molar-refractivity contribution in [1.82, 2.24) is 10.1 Å². The lowest BCUT2D eigenvalue weighted by atomic mass is 10.1. The predicted molar refractivity (Wildman–Crippen MR) is 118 cm³/mol. The third kappa shape index (κ3) is 4.21. The minimum absolute atomic E-state index is 0.0184. The summed E-state index contributed by atoms with van der Waals surface area (Å²) in [5, 5.41) is 4.67. The summed E-state index contributed by atoms with van der Waals surface area (Å²) in [5.74, 6) is 1.56. The normalized spacial score (nSPS) is 11.0. The molecule has 0 unspecified atom stereocenters. The van der Waals surface area contributed by atoms with Crippen LogP contribution in [0.3, 0.4) is 0 Å². The highest BCUT2D eigenvalue weighted by molar-refractivity contribution is 7.22. The molecule has 0 aliphatic rings. The van der Waals surface area contributed by atoms with E-state index in [-0.39, 0.29) is 5.91 Å². The van der Waals surface area contributed by atoms with Crippen LogP contribution in [0.2, 0.25) is 0 Å². The number of carbonyl (C=O) groups excluding carboxylic acids is 1. The maximum atomic E-state index is 13.3. The van der Waals surface area contributed by atoms with Crippen molar-refractivity contribution in [2.24, 2.45) is 0 Å². The second kappa shape index (κ2) is 8.67. The van der Waals surface area contributed by atoms with Gasteiger partial charge >= 0.3 is 0 Å². The Kier molecular flexibility index (Phi) is 5.81. The number of aryl methyl sites for hydroxylation is 2. The average Bonchev–Trinajstić information content (AvgIpc) is 3.33. The number of amides is 1. The van der Waals surface area contributed by atoms with Crippen LogP contribution < -0.4 is 9.64 Å². The van der Waals surface area contributed by atoms with Gasteiger partial charge in [0.2, 0.25) is 5.91 Å². The Morgan fingerprint density at radius 3 is 2.67 bits per heavy atom. The van der Waals surface area contributed by atoms with Crippen LogP contribution in [0.5, 0.6) is 5.75 Å². The van der Waals surface area contributed by atoms with Gasteiger partial charge in [-0.1, -0.05) is 46.8 Å². The fraction of sp³-hybridized carbons (Fsp3) is 0.261. The van der Waals surface area contributed by atoms with Gasteiger partial charge in [0.05, 0.1) is 29.6 Å². The maximum Gasteiger partial charge on any atom is 0.229 e. The molecule has 7 heteroatoms. The van der Waals surface area contributed by atoms with Crippen LogP contribution in [0, 0.1) is 13.8 Å². The van der Waals surface area contributed by atoms with Gasteiger partial charge < -0.3 is 9.26 Å². The molecule has 2 heterocycles. The summed E-state index contributed by atoms with van der Waals surface area (Å²) in [6.45, 7) is 4.25. The number of fused-ring (bicyclic) bond motifs is 1. The lowest BCUT2D eigenvalue weighted by Gasteiger charge is -2.20. The van der Waals surface area contributed by atoms with E-state index in [1.165, 1.54) is 11.3 Å². The SMILES string of the molecule is COc1ccc2nc(N(Cc3ccccc3)C(=O)CCc3c(C)noc3C)sc2c1. The van der Waals surface area contributed by atoms with Crippen molar-refractivity contribution in [3.05, 3.63) is 71.1 Å². The van der Waals surface area contributed by atoms with Crippen LogP contribution in [0.1, 0.15) is 29.0 Å². The Labute approximate surface area is 179 Å². The molecule has 0 bridgehead atoms. The highest BCUT2D eigenvalue weighted by atomic mass is 32.1. The predicted octanol–water partition coefficient (Wildman–Crippen LogP) is 5.08. The van der Waals surface area contributed by atoms with Crippen LogP contribution in [0.15, 0.2) is 53.1 Å². The molecule has 0 saturated heterocycles. The smallest absolute Gasteiger partial charge is 0.229 e. The number of benzene rings is 2. The molecule has 2 aromatic heterocycles. The van der Waals surface area contributed by atoms with Crippen LogP contribution in [-0.4, -0.2) is 23.2 Å². The summed E-state index contributed by atoms with van der Waals surface area (Å²) in [6.07, 6.45) is 0.943. The van der Waals surface area contributed by atoms with E-state index in [0.717, 1.165) is 38.5 Å². The van der Waals surface area contributed by atoms with Crippen molar-refractivity contribution in [1.29, 1.82) is 0 Å². The zero-order valence-electron chi connectivity index (χ0n) is 17.2. The highest BCUT2D eigenvalue weighted by Crippen LogP contribution is 2.32. The van der Waals surface area contributed by atoms with Crippen molar-refractivity contribution in [3.63, 3.8) is 0 Å². The molecule has 0 spiro atoms. The number of hydrogen-bond donors (Lipinski definition) is 0. The topological polar surface area (TPSA) is 68.5 Å². The van der Waals surface area contributed by atoms with Gasteiger partial charge in [-0.05, 0) is 44.0 Å². The number of thiazole rings is 1. The minimum Gasteiger partial charge on any atom is -0.497 e. The summed E-state index contributed by atoms with van der Waals surface area (Å²) in [6, 6.07) is 15.7. The third-order valence-corrected chi connectivity index (χ3v) is 6.11. The van der Waals surface area contributed by atoms with E-state index in [1.807, 2.05) is 62.4 Å². The fourth-order valence-corrected chi connectivity index (χ4v) is 4.40. The number of rotatable bonds is 7. The molecular weight excluding hydrogens is 398 g/mol. The molecule has 0 radical (unpaired) electrons. The Hall–Kier alpha value is -3.19. The van der Waals surface area contributed by atoms with E-state index in [2.05, 4.69) is 5.16 Å². The summed E-state index contributed by atoms with van der Waals surface area (Å²) in [7, 11) is 1.64. The summed E-state index contributed by atoms with van der Waals surface area (Å²) in [4.78, 5) is 19.8. The lowest BCUT2D eigenvalue weighted by molar-refractivity contribution is -0.118. The number of anilines is 1. The molecular formula is C23H23N3O3S. The van der Waals surface area contributed by atoms with E-state index < -0.39 is 0 Å². The Bertz CT molecular complexity index is 1150. The van der Waals surface area contributed by atoms with Gasteiger partial charge in [-0.3, -0.25) is 9.69 Å². The summed E-state index contributed by atoms with van der Waals surface area (Å²) < 4.78 is 11.5. The molecule has 154 valence electrons. The first-order valence-corrected chi connectivity index (χ1v) is 10.6. The standard InChI is InChI=1S/C23H23N3O3S/c1-15-19(16(2)29-25-15)10-12-22(27)26(14-17-7-5-4-6-8-17)23-24-20-11-9-18(28-3)13-21(20)30-23/h4-9,11,13H,10,12,14H2,1-3H3. The molecule has 4 rings (SSSR count). The van der Waals surface area contributed by atoms with Crippen molar-refractivity contribution in [2.75, 3.05) is 12.0 Å². The average molecular weight is 422 g/mol. The van der Waals surface area contributed by atoms with Gasteiger partial charge in [0.25, 0.3) is 0 Å². The second-order valence-corrected chi connectivity index (χ2v) is 8.11. The molecule has 0 aliphatic heterocycles.